The van der Waals surface area contributed by atoms with Crippen molar-refractivity contribution in [2.45, 2.75) is 39.7 Å². The molecule has 0 fully saturated rings. The second kappa shape index (κ2) is 9.44. The van der Waals surface area contributed by atoms with E-state index in [-0.39, 0.29) is 12.4 Å². The summed E-state index contributed by atoms with van der Waals surface area (Å²) in [5.74, 6) is -0.736. The van der Waals surface area contributed by atoms with Gasteiger partial charge in [-0.25, -0.2) is 0 Å². The summed E-state index contributed by atoms with van der Waals surface area (Å²) in [6, 6.07) is 18.2. The van der Waals surface area contributed by atoms with E-state index in [0.717, 1.165) is 34.5 Å². The van der Waals surface area contributed by atoms with Crippen LogP contribution in [0.25, 0.3) is 11.1 Å². The number of aryl methyl sites for hydroxylation is 2. The predicted octanol–water partition coefficient (Wildman–Crippen LogP) is 4.22. The maximum absolute atomic E-state index is 12.4. The van der Waals surface area contributed by atoms with E-state index in [1.54, 1.807) is 0 Å². The van der Waals surface area contributed by atoms with Gasteiger partial charge in [0.25, 0.3) is 5.91 Å². The van der Waals surface area contributed by atoms with Gasteiger partial charge in [0.2, 0.25) is 0 Å². The first-order valence-electron chi connectivity index (χ1n) is 10.1. The summed E-state index contributed by atoms with van der Waals surface area (Å²) in [6.45, 7) is 4.64. The Hall–Kier alpha value is -3.34. The summed E-state index contributed by atoms with van der Waals surface area (Å²) in [6.07, 6.45) is 1.52. The molecule has 0 aliphatic heterocycles. The largest absolute Gasteiger partial charge is 0.469 e. The zero-order valence-electron chi connectivity index (χ0n) is 17.8. The average Bonchev–Trinajstić information content (AvgIpc) is 3.03. The van der Waals surface area contributed by atoms with Gasteiger partial charge < -0.3 is 15.0 Å². The Morgan fingerprint density at radius 3 is 2.23 bits per heavy atom. The molecule has 2 aromatic carbocycles. The summed E-state index contributed by atoms with van der Waals surface area (Å²) in [7, 11) is 1.39. The zero-order valence-corrected chi connectivity index (χ0v) is 17.8. The van der Waals surface area contributed by atoms with Crippen molar-refractivity contribution < 1.29 is 14.3 Å². The average molecular weight is 405 g/mol. The highest BCUT2D eigenvalue weighted by Crippen LogP contribution is 2.34. The fourth-order valence-corrected chi connectivity index (χ4v) is 3.90. The van der Waals surface area contributed by atoms with E-state index in [9.17, 15) is 9.59 Å². The van der Waals surface area contributed by atoms with Crippen LogP contribution >= 0.6 is 0 Å². The Balaban J connectivity index is 2.11. The third-order valence-electron chi connectivity index (χ3n) is 5.48. The molecule has 156 valence electrons. The van der Waals surface area contributed by atoms with Crippen molar-refractivity contribution in [1.82, 2.24) is 4.57 Å². The van der Waals surface area contributed by atoms with Gasteiger partial charge in [-0.3, -0.25) is 9.59 Å². The Kier molecular flexibility index (Phi) is 6.72. The first-order valence-corrected chi connectivity index (χ1v) is 10.1. The summed E-state index contributed by atoms with van der Waals surface area (Å²) in [4.78, 5) is 24.3. The van der Waals surface area contributed by atoms with Crippen molar-refractivity contribution in [2.24, 2.45) is 5.73 Å². The second-order valence-corrected chi connectivity index (χ2v) is 7.48. The van der Waals surface area contributed by atoms with Crippen LogP contribution in [0.1, 0.15) is 39.3 Å². The lowest BCUT2D eigenvalue weighted by Gasteiger charge is -2.13. The molecule has 0 spiro atoms. The molecule has 5 heteroatoms. The maximum Gasteiger partial charge on any atom is 0.305 e. The molecule has 0 saturated heterocycles. The first kappa shape index (κ1) is 21.4. The third-order valence-corrected chi connectivity index (χ3v) is 5.48. The molecule has 0 saturated carbocycles. The zero-order chi connectivity index (χ0) is 21.7. The Labute approximate surface area is 177 Å². The second-order valence-electron chi connectivity index (χ2n) is 7.48. The smallest absolute Gasteiger partial charge is 0.305 e. The number of rotatable bonds is 8. The number of amides is 1. The molecule has 0 bridgehead atoms. The fraction of sp³-hybridized carbons (Fsp3) is 0.280. The number of methoxy groups -OCH3 is 1. The van der Waals surface area contributed by atoms with Gasteiger partial charge >= 0.3 is 5.97 Å². The molecule has 0 unspecified atom stereocenters. The number of benzene rings is 2. The van der Waals surface area contributed by atoms with E-state index < -0.39 is 5.91 Å². The molecule has 1 amide bonds. The first-order chi connectivity index (χ1) is 14.4. The number of carbonyl (C=O) groups excluding carboxylic acids is 2. The standard InChI is InChI=1S/C25H28N2O3/c1-17-9-11-20(12-10-17)24-21(13-14-22(28)30-3)27(18(2)23(24)25(26)29)16-15-19-7-5-4-6-8-19/h4-12H,13-16H2,1-3H3,(H2,26,29). The van der Waals surface area contributed by atoms with Gasteiger partial charge in [-0.2, -0.15) is 0 Å². The number of ether oxygens (including phenoxy) is 1. The van der Waals surface area contributed by atoms with Gasteiger partial charge in [0.15, 0.2) is 0 Å². The molecule has 5 nitrogen and oxygen atoms in total. The van der Waals surface area contributed by atoms with Crippen molar-refractivity contribution >= 4 is 11.9 Å². The van der Waals surface area contributed by atoms with Crippen LogP contribution in [0.5, 0.6) is 0 Å². The third kappa shape index (κ3) is 4.62. The highest BCUT2D eigenvalue weighted by atomic mass is 16.5. The number of hydrogen-bond donors (Lipinski definition) is 1. The van der Waals surface area contributed by atoms with Crippen LogP contribution in [0.3, 0.4) is 0 Å². The number of carbonyl (C=O) groups is 2. The van der Waals surface area contributed by atoms with Gasteiger partial charge in [-0.15, -0.1) is 0 Å². The summed E-state index contributed by atoms with van der Waals surface area (Å²) < 4.78 is 6.98. The minimum Gasteiger partial charge on any atom is -0.469 e. The monoisotopic (exact) mass is 404 g/mol. The molecular formula is C25H28N2O3. The van der Waals surface area contributed by atoms with E-state index in [4.69, 9.17) is 10.5 Å². The number of nitrogens with two attached hydrogens (primary N) is 1. The van der Waals surface area contributed by atoms with Crippen molar-refractivity contribution in [3.63, 3.8) is 0 Å². The van der Waals surface area contributed by atoms with E-state index in [1.165, 1.54) is 12.7 Å². The molecule has 3 aromatic rings. The van der Waals surface area contributed by atoms with E-state index in [1.807, 2.05) is 56.3 Å². The van der Waals surface area contributed by atoms with E-state index in [2.05, 4.69) is 16.7 Å². The predicted molar refractivity (Wildman–Crippen MR) is 118 cm³/mol. The van der Waals surface area contributed by atoms with Gasteiger partial charge in [-0.1, -0.05) is 60.2 Å². The summed E-state index contributed by atoms with van der Waals surface area (Å²) in [5, 5.41) is 0. The van der Waals surface area contributed by atoms with Crippen LogP contribution in [0.15, 0.2) is 54.6 Å². The lowest BCUT2D eigenvalue weighted by molar-refractivity contribution is -0.140. The number of nitrogens with zero attached hydrogens (tertiary/aromatic N) is 1. The molecular weight excluding hydrogens is 376 g/mol. The molecule has 2 N–H and O–H groups in total. The molecule has 0 atom stereocenters. The van der Waals surface area contributed by atoms with Crippen LogP contribution < -0.4 is 5.73 Å². The number of aromatic nitrogens is 1. The minimum atomic E-state index is -0.458. The fourth-order valence-electron chi connectivity index (χ4n) is 3.90. The highest BCUT2D eigenvalue weighted by molar-refractivity contribution is 6.02. The van der Waals surface area contributed by atoms with Gasteiger partial charge in [-0.05, 0) is 37.8 Å². The lowest BCUT2D eigenvalue weighted by Crippen LogP contribution is -2.14. The van der Waals surface area contributed by atoms with Crippen molar-refractivity contribution in [2.75, 3.05) is 7.11 Å². The highest BCUT2D eigenvalue weighted by Gasteiger charge is 2.25. The van der Waals surface area contributed by atoms with Crippen molar-refractivity contribution in [3.05, 3.63) is 82.7 Å². The van der Waals surface area contributed by atoms with Crippen LogP contribution in [-0.4, -0.2) is 23.6 Å². The molecule has 1 aromatic heterocycles. The van der Waals surface area contributed by atoms with Gasteiger partial charge in [0.1, 0.15) is 0 Å². The number of primary amides is 1. The van der Waals surface area contributed by atoms with Crippen LogP contribution in [0.2, 0.25) is 0 Å². The normalized spacial score (nSPS) is 10.8. The van der Waals surface area contributed by atoms with Crippen molar-refractivity contribution in [3.8, 4) is 11.1 Å². The molecule has 0 aliphatic carbocycles. The minimum absolute atomic E-state index is 0.238. The van der Waals surface area contributed by atoms with Crippen LogP contribution in [-0.2, 0) is 28.9 Å². The SMILES string of the molecule is COC(=O)CCc1c(-c2ccc(C)cc2)c(C(N)=O)c(C)n1CCc1ccccc1. The Morgan fingerprint density at radius 2 is 1.63 bits per heavy atom. The van der Waals surface area contributed by atoms with Gasteiger partial charge in [0.05, 0.1) is 19.1 Å². The molecule has 3 rings (SSSR count). The number of hydrogen-bond acceptors (Lipinski definition) is 3. The maximum atomic E-state index is 12.4. The summed E-state index contributed by atoms with van der Waals surface area (Å²) in [5.41, 5.74) is 12.2. The Bertz CT molecular complexity index is 1030. The van der Waals surface area contributed by atoms with Crippen molar-refractivity contribution in [1.29, 1.82) is 0 Å². The van der Waals surface area contributed by atoms with Gasteiger partial charge in [0, 0.05) is 23.5 Å². The quantitative estimate of drug-likeness (QED) is 0.571. The lowest BCUT2D eigenvalue weighted by atomic mass is 9.97. The van der Waals surface area contributed by atoms with E-state index in [0.29, 0.717) is 18.5 Å². The topological polar surface area (TPSA) is 74.3 Å². The Morgan fingerprint density at radius 1 is 0.967 bits per heavy atom. The number of esters is 1. The van der Waals surface area contributed by atoms with Crippen LogP contribution in [0.4, 0.5) is 0 Å². The summed E-state index contributed by atoms with van der Waals surface area (Å²) >= 11 is 0. The molecule has 0 radical (unpaired) electrons. The van der Waals surface area contributed by atoms with Crippen LogP contribution in [0, 0.1) is 13.8 Å². The molecule has 30 heavy (non-hydrogen) atoms. The molecule has 1 heterocycles. The molecule has 0 aliphatic rings. The van der Waals surface area contributed by atoms with E-state index >= 15 is 0 Å².